The molecule has 1 N–H and O–H groups in total. The lowest BCUT2D eigenvalue weighted by Gasteiger charge is -2.42. The highest BCUT2D eigenvalue weighted by Gasteiger charge is 2.37. The molecular weight excluding hydrogens is 253 g/mol. The highest BCUT2D eigenvalue weighted by molar-refractivity contribution is 5.13. The fourth-order valence-corrected chi connectivity index (χ4v) is 2.98. The third-order valence-corrected chi connectivity index (χ3v) is 4.43. The second-order valence-corrected chi connectivity index (χ2v) is 6.34. The maximum atomic E-state index is 12.6. The summed E-state index contributed by atoms with van der Waals surface area (Å²) in [7, 11) is 0. The highest BCUT2D eigenvalue weighted by atomic mass is 19.4. The van der Waals surface area contributed by atoms with E-state index in [9.17, 15) is 13.2 Å². The number of hydrogen-bond acceptors (Lipinski definition) is 2. The van der Waals surface area contributed by atoms with Gasteiger partial charge in [0.2, 0.25) is 0 Å². The van der Waals surface area contributed by atoms with Crippen LogP contribution in [-0.2, 0) is 0 Å². The maximum Gasteiger partial charge on any atom is 0.412 e. The number of nitrogens with zero attached hydrogens (tertiary/aromatic N) is 1. The summed E-state index contributed by atoms with van der Waals surface area (Å²) >= 11 is 0. The van der Waals surface area contributed by atoms with Crippen molar-refractivity contribution in [2.75, 3.05) is 26.2 Å². The van der Waals surface area contributed by atoms with Crippen molar-refractivity contribution in [3.8, 4) is 0 Å². The van der Waals surface area contributed by atoms with Gasteiger partial charge in [-0.25, -0.2) is 0 Å². The van der Waals surface area contributed by atoms with Crippen LogP contribution in [0.3, 0.4) is 0 Å². The van der Waals surface area contributed by atoms with Crippen molar-refractivity contribution >= 4 is 0 Å². The van der Waals surface area contributed by atoms with E-state index in [-0.39, 0.29) is 17.4 Å². The standard InChI is InChI=1S/C14H23F3N2/c1-13(2)6-3-7-18-12(13)10-19-8-4-11(5-9-19)14(15,16)17/h4,12,18H,3,5-10H2,1-2H3. The fourth-order valence-electron chi connectivity index (χ4n) is 2.98. The molecule has 1 saturated heterocycles. The van der Waals surface area contributed by atoms with Crippen LogP contribution in [0.15, 0.2) is 11.6 Å². The van der Waals surface area contributed by atoms with E-state index >= 15 is 0 Å². The molecule has 2 aliphatic heterocycles. The van der Waals surface area contributed by atoms with Crippen LogP contribution in [0.4, 0.5) is 13.2 Å². The van der Waals surface area contributed by atoms with Gasteiger partial charge in [-0.15, -0.1) is 0 Å². The average molecular weight is 276 g/mol. The molecule has 0 aromatic heterocycles. The number of halogens is 3. The van der Waals surface area contributed by atoms with Crippen molar-refractivity contribution in [3.05, 3.63) is 11.6 Å². The smallest absolute Gasteiger partial charge is 0.312 e. The van der Waals surface area contributed by atoms with E-state index < -0.39 is 6.18 Å². The van der Waals surface area contributed by atoms with E-state index in [1.807, 2.05) is 0 Å². The molecule has 2 rings (SSSR count). The molecule has 0 aliphatic carbocycles. The molecule has 5 heteroatoms. The molecule has 1 atom stereocenters. The van der Waals surface area contributed by atoms with Crippen molar-refractivity contribution in [3.63, 3.8) is 0 Å². The molecule has 0 aromatic rings. The summed E-state index contributed by atoms with van der Waals surface area (Å²) in [5, 5.41) is 3.51. The third kappa shape index (κ3) is 3.72. The minimum atomic E-state index is -4.14. The Kier molecular flexibility index (Phi) is 4.26. The van der Waals surface area contributed by atoms with Gasteiger partial charge in [0.05, 0.1) is 0 Å². The first-order valence-corrected chi connectivity index (χ1v) is 7.01. The van der Waals surface area contributed by atoms with E-state index in [0.29, 0.717) is 19.1 Å². The van der Waals surface area contributed by atoms with Crippen LogP contribution in [-0.4, -0.2) is 43.3 Å². The summed E-state index contributed by atoms with van der Waals surface area (Å²) < 4.78 is 37.7. The van der Waals surface area contributed by atoms with Crippen LogP contribution < -0.4 is 5.32 Å². The monoisotopic (exact) mass is 276 g/mol. The Hall–Kier alpha value is -0.550. The Morgan fingerprint density at radius 2 is 2.16 bits per heavy atom. The molecule has 0 spiro atoms. The predicted molar refractivity (Wildman–Crippen MR) is 70.0 cm³/mol. The number of alkyl halides is 3. The van der Waals surface area contributed by atoms with Crippen LogP contribution in [0.1, 0.15) is 33.1 Å². The maximum absolute atomic E-state index is 12.6. The second kappa shape index (κ2) is 5.44. The molecule has 0 amide bonds. The van der Waals surface area contributed by atoms with Crippen LogP contribution in [0, 0.1) is 5.41 Å². The van der Waals surface area contributed by atoms with Crippen LogP contribution >= 0.6 is 0 Å². The van der Waals surface area contributed by atoms with E-state index in [0.717, 1.165) is 13.1 Å². The number of hydrogen-bond donors (Lipinski definition) is 1. The molecule has 0 aromatic carbocycles. The van der Waals surface area contributed by atoms with Gasteiger partial charge >= 0.3 is 6.18 Å². The summed E-state index contributed by atoms with van der Waals surface area (Å²) in [6, 6.07) is 0.377. The Balaban J connectivity index is 1.90. The SMILES string of the molecule is CC1(C)CCCNC1CN1CC=C(C(F)(F)F)CC1. The predicted octanol–water partition coefficient (Wildman–Crippen LogP) is 2.96. The molecule has 1 unspecified atom stereocenters. The lowest BCUT2D eigenvalue weighted by Crippen LogP contribution is -2.53. The molecule has 2 aliphatic rings. The normalized spacial score (nSPS) is 29.1. The first-order valence-electron chi connectivity index (χ1n) is 7.01. The molecular formula is C14H23F3N2. The van der Waals surface area contributed by atoms with E-state index in [2.05, 4.69) is 24.1 Å². The van der Waals surface area contributed by atoms with Crippen molar-refractivity contribution < 1.29 is 13.2 Å². The summed E-state index contributed by atoms with van der Waals surface area (Å²) in [6.45, 7) is 7.28. The zero-order chi connectivity index (χ0) is 14.1. The Bertz CT molecular complexity index is 347. The van der Waals surface area contributed by atoms with Crippen molar-refractivity contribution in [2.24, 2.45) is 5.41 Å². The van der Waals surface area contributed by atoms with Gasteiger partial charge < -0.3 is 5.32 Å². The van der Waals surface area contributed by atoms with Gasteiger partial charge in [0.25, 0.3) is 0 Å². The minimum Gasteiger partial charge on any atom is -0.312 e. The zero-order valence-electron chi connectivity index (χ0n) is 11.7. The molecule has 2 heterocycles. The number of rotatable bonds is 2. The summed E-state index contributed by atoms with van der Waals surface area (Å²) in [5.41, 5.74) is -0.133. The number of piperidine rings is 1. The van der Waals surface area contributed by atoms with Crippen molar-refractivity contribution in [1.29, 1.82) is 0 Å². The third-order valence-electron chi connectivity index (χ3n) is 4.43. The van der Waals surface area contributed by atoms with Crippen molar-refractivity contribution in [1.82, 2.24) is 10.2 Å². The van der Waals surface area contributed by atoms with Gasteiger partial charge in [-0.3, -0.25) is 4.90 Å². The first kappa shape index (κ1) is 14.9. The molecule has 0 bridgehead atoms. The van der Waals surface area contributed by atoms with Gasteiger partial charge in [-0.2, -0.15) is 13.2 Å². The lowest BCUT2D eigenvalue weighted by molar-refractivity contribution is -0.0961. The van der Waals surface area contributed by atoms with Gasteiger partial charge in [-0.1, -0.05) is 19.9 Å². The van der Waals surface area contributed by atoms with Crippen LogP contribution in [0.2, 0.25) is 0 Å². The first-order chi connectivity index (χ1) is 8.79. The Morgan fingerprint density at radius 1 is 1.42 bits per heavy atom. The van der Waals surface area contributed by atoms with Gasteiger partial charge in [-0.05, 0) is 31.2 Å². The molecule has 0 saturated carbocycles. The Morgan fingerprint density at radius 3 is 2.68 bits per heavy atom. The average Bonchev–Trinajstić information content (AvgIpc) is 2.31. The van der Waals surface area contributed by atoms with Gasteiger partial charge in [0.1, 0.15) is 0 Å². The Labute approximate surface area is 113 Å². The zero-order valence-corrected chi connectivity index (χ0v) is 11.7. The summed E-state index contributed by atoms with van der Waals surface area (Å²) in [5.74, 6) is 0. The van der Waals surface area contributed by atoms with E-state index in [1.54, 1.807) is 0 Å². The van der Waals surface area contributed by atoms with Gasteiger partial charge in [0, 0.05) is 31.2 Å². The topological polar surface area (TPSA) is 15.3 Å². The molecule has 2 nitrogen and oxygen atoms in total. The fraction of sp³-hybridized carbons (Fsp3) is 0.857. The summed E-state index contributed by atoms with van der Waals surface area (Å²) in [4.78, 5) is 2.12. The molecule has 19 heavy (non-hydrogen) atoms. The number of nitrogens with one attached hydrogen (secondary N) is 1. The van der Waals surface area contributed by atoms with E-state index in [1.165, 1.54) is 18.9 Å². The lowest BCUT2D eigenvalue weighted by atomic mass is 9.77. The summed E-state index contributed by atoms with van der Waals surface area (Å²) in [6.07, 6.45) is -0.311. The second-order valence-electron chi connectivity index (χ2n) is 6.34. The molecule has 110 valence electrons. The van der Waals surface area contributed by atoms with Crippen LogP contribution in [0.5, 0.6) is 0 Å². The highest BCUT2D eigenvalue weighted by Crippen LogP contribution is 2.33. The van der Waals surface area contributed by atoms with E-state index in [4.69, 9.17) is 0 Å². The molecule has 1 fully saturated rings. The minimum absolute atomic E-state index is 0.122. The molecule has 0 radical (unpaired) electrons. The quantitative estimate of drug-likeness (QED) is 0.780. The van der Waals surface area contributed by atoms with Gasteiger partial charge in [0.15, 0.2) is 0 Å². The largest absolute Gasteiger partial charge is 0.412 e. The van der Waals surface area contributed by atoms with Crippen molar-refractivity contribution in [2.45, 2.75) is 45.3 Å². The van der Waals surface area contributed by atoms with Crippen LogP contribution in [0.25, 0.3) is 0 Å².